The van der Waals surface area contributed by atoms with Crippen molar-refractivity contribution in [2.75, 3.05) is 17.3 Å². The molecular formula is C21H20N2O2S. The topological polar surface area (TPSA) is 52.6 Å². The Bertz CT molecular complexity index is 1030. The minimum atomic E-state index is -0.0175. The number of hydrogen-bond acceptors (Lipinski definition) is 5. The van der Waals surface area contributed by atoms with Crippen molar-refractivity contribution in [3.63, 3.8) is 0 Å². The van der Waals surface area contributed by atoms with Gasteiger partial charge in [0, 0.05) is 39.5 Å². The van der Waals surface area contributed by atoms with Crippen LogP contribution in [0.5, 0.6) is 5.75 Å². The van der Waals surface area contributed by atoms with E-state index in [1.807, 2.05) is 62.5 Å². The number of fused-ring (bicyclic) bond motifs is 3. The molecule has 3 aromatic carbocycles. The van der Waals surface area contributed by atoms with Crippen LogP contribution in [0.3, 0.4) is 0 Å². The predicted molar refractivity (Wildman–Crippen MR) is 108 cm³/mol. The lowest BCUT2D eigenvalue weighted by Crippen LogP contribution is -2.31. The number of anilines is 2. The first kappa shape index (κ1) is 16.8. The predicted octanol–water partition coefficient (Wildman–Crippen LogP) is 4.99. The first-order chi connectivity index (χ1) is 12.5. The number of nitrogens with zero attached hydrogens (tertiary/aromatic N) is 1. The van der Waals surface area contributed by atoms with Gasteiger partial charge in [-0.15, -0.1) is 0 Å². The van der Waals surface area contributed by atoms with Gasteiger partial charge in [0.1, 0.15) is 5.75 Å². The summed E-state index contributed by atoms with van der Waals surface area (Å²) >= 11 is 1.68. The maximum atomic E-state index is 11.6. The van der Waals surface area contributed by atoms with E-state index in [9.17, 15) is 9.90 Å². The molecule has 1 unspecified atom stereocenters. The van der Waals surface area contributed by atoms with E-state index in [0.717, 1.165) is 32.6 Å². The van der Waals surface area contributed by atoms with Gasteiger partial charge in [-0.1, -0.05) is 48.2 Å². The van der Waals surface area contributed by atoms with Gasteiger partial charge in [-0.3, -0.25) is 4.79 Å². The number of carbonyl (C=O) groups is 1. The Balaban J connectivity index is 1.74. The number of ketones is 1. The number of phenols is 1. The van der Waals surface area contributed by atoms with E-state index in [0.29, 0.717) is 11.3 Å². The third kappa shape index (κ3) is 2.59. The van der Waals surface area contributed by atoms with E-state index in [4.69, 9.17) is 0 Å². The molecule has 1 aliphatic rings. The number of Topliss-reactive ketones (excluding diaryl/α,β-unsaturated/α-hetero) is 1. The zero-order valence-corrected chi connectivity index (χ0v) is 15.7. The molecule has 0 spiro atoms. The van der Waals surface area contributed by atoms with E-state index < -0.39 is 0 Å². The summed E-state index contributed by atoms with van der Waals surface area (Å²) in [7, 11) is 2.05. The normalized spacial score (nSPS) is 16.0. The molecule has 5 heteroatoms. The van der Waals surface area contributed by atoms with E-state index in [1.165, 1.54) is 0 Å². The number of carbonyl (C=O) groups excluding carboxylic acids is 1. The molecule has 1 atom stereocenters. The van der Waals surface area contributed by atoms with Crippen molar-refractivity contribution in [1.82, 2.24) is 0 Å². The van der Waals surface area contributed by atoms with Gasteiger partial charge in [0.2, 0.25) is 0 Å². The van der Waals surface area contributed by atoms with Crippen LogP contribution in [0, 0.1) is 6.92 Å². The number of thioether (sulfide) groups is 1. The highest BCUT2D eigenvalue weighted by atomic mass is 32.2. The largest absolute Gasteiger partial charge is 0.507 e. The first-order valence-corrected chi connectivity index (χ1v) is 9.36. The fraction of sp³-hybridized carbons (Fsp3) is 0.190. The van der Waals surface area contributed by atoms with Crippen molar-refractivity contribution < 1.29 is 9.90 Å². The maximum Gasteiger partial charge on any atom is 0.159 e. The van der Waals surface area contributed by atoms with Crippen LogP contribution in [0.15, 0.2) is 53.4 Å². The van der Waals surface area contributed by atoms with Gasteiger partial charge in [0.05, 0.1) is 5.69 Å². The number of phenolic OH excluding ortho intramolecular Hbond substituents is 1. The van der Waals surface area contributed by atoms with Gasteiger partial charge < -0.3 is 15.3 Å². The average molecular weight is 364 g/mol. The lowest BCUT2D eigenvalue weighted by molar-refractivity contribution is 0.101. The summed E-state index contributed by atoms with van der Waals surface area (Å²) in [5.41, 5.74) is 3.60. The van der Waals surface area contributed by atoms with Crippen LogP contribution < -0.4 is 10.2 Å². The lowest BCUT2D eigenvalue weighted by atomic mass is 10.0. The zero-order valence-electron chi connectivity index (χ0n) is 14.9. The Labute approximate surface area is 156 Å². The smallest absolute Gasteiger partial charge is 0.159 e. The van der Waals surface area contributed by atoms with Crippen LogP contribution >= 0.6 is 11.8 Å². The fourth-order valence-corrected chi connectivity index (χ4v) is 4.73. The molecule has 4 rings (SSSR count). The van der Waals surface area contributed by atoms with Crippen LogP contribution in [0.1, 0.15) is 22.8 Å². The molecule has 1 aliphatic heterocycles. The highest BCUT2D eigenvalue weighted by molar-refractivity contribution is 8.00. The van der Waals surface area contributed by atoms with Gasteiger partial charge in [-0.2, -0.15) is 0 Å². The summed E-state index contributed by atoms with van der Waals surface area (Å²) < 4.78 is 0. The molecule has 0 amide bonds. The Morgan fingerprint density at radius 3 is 2.62 bits per heavy atom. The van der Waals surface area contributed by atoms with Crippen LogP contribution in [0.4, 0.5) is 11.4 Å². The first-order valence-electron chi connectivity index (χ1n) is 8.48. The number of benzene rings is 3. The van der Waals surface area contributed by atoms with Gasteiger partial charge in [-0.05, 0) is 26.0 Å². The van der Waals surface area contributed by atoms with Gasteiger partial charge in [0.15, 0.2) is 11.3 Å². The second kappa shape index (κ2) is 6.25. The van der Waals surface area contributed by atoms with E-state index >= 15 is 0 Å². The molecule has 0 bridgehead atoms. The molecule has 1 heterocycles. The molecule has 0 fully saturated rings. The van der Waals surface area contributed by atoms with Crippen LogP contribution in [-0.2, 0) is 0 Å². The quantitative estimate of drug-likeness (QED) is 0.641. The molecule has 132 valence electrons. The monoisotopic (exact) mass is 364 g/mol. The summed E-state index contributed by atoms with van der Waals surface area (Å²) in [6, 6.07) is 15.5. The molecular weight excluding hydrogens is 344 g/mol. The Kier molecular flexibility index (Phi) is 4.04. The Morgan fingerprint density at radius 1 is 1.15 bits per heavy atom. The molecule has 0 saturated heterocycles. The third-order valence-electron chi connectivity index (χ3n) is 4.84. The standard InChI is InChI=1S/C21H20N2O2S/c1-12-19(25)17-10-5-4-9-16(17)18-20(12)26-21(23(18)3)22-15-8-6-7-14(11-15)13(2)24/h4-11,21-22,25H,1-3H3. The summed E-state index contributed by atoms with van der Waals surface area (Å²) in [4.78, 5) is 14.9. The molecule has 4 nitrogen and oxygen atoms in total. The zero-order chi connectivity index (χ0) is 18.4. The van der Waals surface area contributed by atoms with E-state index in [2.05, 4.69) is 10.2 Å². The van der Waals surface area contributed by atoms with Gasteiger partial charge >= 0.3 is 0 Å². The minimum absolute atomic E-state index is 0.0175. The molecule has 0 saturated carbocycles. The van der Waals surface area contributed by atoms with Gasteiger partial charge in [-0.25, -0.2) is 0 Å². The number of hydrogen-bond donors (Lipinski definition) is 2. The fourth-order valence-electron chi connectivity index (χ4n) is 3.40. The number of nitrogens with one attached hydrogen (secondary N) is 1. The highest BCUT2D eigenvalue weighted by Crippen LogP contribution is 2.51. The maximum absolute atomic E-state index is 11.6. The second-order valence-corrected chi connectivity index (χ2v) is 7.65. The summed E-state index contributed by atoms with van der Waals surface area (Å²) in [6.45, 7) is 3.53. The van der Waals surface area contributed by atoms with Crippen LogP contribution in [-0.4, -0.2) is 23.4 Å². The Morgan fingerprint density at radius 2 is 1.88 bits per heavy atom. The van der Waals surface area contributed by atoms with E-state index in [-0.39, 0.29) is 11.3 Å². The van der Waals surface area contributed by atoms with Gasteiger partial charge in [0.25, 0.3) is 0 Å². The van der Waals surface area contributed by atoms with Crippen molar-refractivity contribution >= 4 is 39.7 Å². The molecule has 3 aromatic rings. The van der Waals surface area contributed by atoms with Crippen molar-refractivity contribution in [3.05, 3.63) is 59.7 Å². The van der Waals surface area contributed by atoms with Crippen LogP contribution in [0.2, 0.25) is 0 Å². The minimum Gasteiger partial charge on any atom is -0.507 e. The summed E-state index contributed by atoms with van der Waals surface area (Å²) in [6.07, 6.45) is 0. The number of aromatic hydroxyl groups is 1. The van der Waals surface area contributed by atoms with Crippen molar-refractivity contribution in [3.8, 4) is 5.75 Å². The summed E-state index contributed by atoms with van der Waals surface area (Å²) in [5, 5.41) is 16.0. The van der Waals surface area contributed by atoms with Crippen molar-refractivity contribution in [1.29, 1.82) is 0 Å². The molecule has 0 radical (unpaired) electrons. The third-order valence-corrected chi connectivity index (χ3v) is 6.23. The average Bonchev–Trinajstić information content (AvgIpc) is 2.96. The van der Waals surface area contributed by atoms with E-state index in [1.54, 1.807) is 18.7 Å². The van der Waals surface area contributed by atoms with Crippen LogP contribution in [0.25, 0.3) is 10.8 Å². The molecule has 0 aliphatic carbocycles. The lowest BCUT2D eigenvalue weighted by Gasteiger charge is -2.24. The SMILES string of the molecule is CC(=O)c1cccc(NC2Sc3c(C)c(O)c4ccccc4c3N2C)c1. The number of rotatable bonds is 3. The Hall–Kier alpha value is -2.66. The highest BCUT2D eigenvalue weighted by Gasteiger charge is 2.32. The van der Waals surface area contributed by atoms with Crippen molar-refractivity contribution in [2.45, 2.75) is 24.2 Å². The molecule has 2 N–H and O–H groups in total. The second-order valence-electron chi connectivity index (χ2n) is 6.56. The van der Waals surface area contributed by atoms with Crippen molar-refractivity contribution in [2.24, 2.45) is 0 Å². The molecule has 26 heavy (non-hydrogen) atoms. The summed E-state index contributed by atoms with van der Waals surface area (Å²) in [5.74, 6) is 0.399. The molecule has 0 aromatic heterocycles.